The molecule has 3 aromatic rings. The molecule has 1 amide bonds. The van der Waals surface area contributed by atoms with Gasteiger partial charge in [-0.3, -0.25) is 4.79 Å². The smallest absolute Gasteiger partial charge is 0.274 e. The minimum absolute atomic E-state index is 0.285. The van der Waals surface area contributed by atoms with E-state index in [0.717, 1.165) is 5.56 Å². The minimum atomic E-state index is -0.322. The summed E-state index contributed by atoms with van der Waals surface area (Å²) in [6.07, 6.45) is 2.68. The number of hydrogen-bond acceptors (Lipinski definition) is 6. The number of carbonyl (C=O) groups is 1. The number of anilines is 2. The van der Waals surface area contributed by atoms with Gasteiger partial charge in [0.15, 0.2) is 0 Å². The molecule has 1 aromatic carbocycles. The van der Waals surface area contributed by atoms with Crippen molar-refractivity contribution in [2.24, 2.45) is 0 Å². The van der Waals surface area contributed by atoms with Crippen molar-refractivity contribution in [3.05, 3.63) is 54.7 Å². The van der Waals surface area contributed by atoms with Crippen LogP contribution in [0.3, 0.4) is 0 Å². The summed E-state index contributed by atoms with van der Waals surface area (Å²) < 4.78 is 5.12. The number of nitrogens with one attached hydrogen (secondary N) is 1. The SMILES string of the molecule is Nc1ccc(C(=O)Nc2cccc(-c3nnco3)c2)nc1. The molecule has 21 heavy (non-hydrogen) atoms. The standard InChI is InChI=1S/C14H11N5O2/c15-10-4-5-12(16-7-10)13(20)18-11-3-1-2-9(6-11)14-19-17-8-21-14/h1-8H,15H2,(H,18,20). The second-order valence-corrected chi connectivity index (χ2v) is 4.26. The van der Waals surface area contributed by atoms with Crippen LogP contribution in [0.25, 0.3) is 11.5 Å². The monoisotopic (exact) mass is 281 g/mol. The Labute approximate surface area is 119 Å². The third-order valence-electron chi connectivity index (χ3n) is 2.75. The zero-order chi connectivity index (χ0) is 14.7. The number of carbonyl (C=O) groups excluding carboxylic acids is 1. The van der Waals surface area contributed by atoms with E-state index in [0.29, 0.717) is 17.3 Å². The number of benzene rings is 1. The minimum Gasteiger partial charge on any atom is -0.423 e. The summed E-state index contributed by atoms with van der Waals surface area (Å²) in [5.74, 6) is 0.0642. The third kappa shape index (κ3) is 2.86. The van der Waals surface area contributed by atoms with Gasteiger partial charge in [0.05, 0.1) is 11.9 Å². The molecule has 0 radical (unpaired) electrons. The van der Waals surface area contributed by atoms with E-state index < -0.39 is 0 Å². The number of pyridine rings is 1. The summed E-state index contributed by atoms with van der Waals surface area (Å²) in [6.45, 7) is 0. The maximum Gasteiger partial charge on any atom is 0.274 e. The molecule has 2 aromatic heterocycles. The van der Waals surface area contributed by atoms with Gasteiger partial charge in [-0.15, -0.1) is 10.2 Å². The molecule has 0 fully saturated rings. The lowest BCUT2D eigenvalue weighted by Crippen LogP contribution is -2.13. The van der Waals surface area contributed by atoms with Gasteiger partial charge < -0.3 is 15.5 Å². The Morgan fingerprint density at radius 1 is 1.24 bits per heavy atom. The summed E-state index contributed by atoms with van der Waals surface area (Å²) >= 11 is 0. The molecule has 0 saturated carbocycles. The molecule has 0 aliphatic carbocycles. The molecule has 7 nitrogen and oxygen atoms in total. The van der Waals surface area contributed by atoms with E-state index in [1.54, 1.807) is 30.3 Å². The van der Waals surface area contributed by atoms with E-state index in [1.165, 1.54) is 12.6 Å². The predicted molar refractivity (Wildman–Crippen MR) is 76.3 cm³/mol. The van der Waals surface area contributed by atoms with Gasteiger partial charge in [0, 0.05) is 11.3 Å². The first kappa shape index (κ1) is 12.8. The summed E-state index contributed by atoms with van der Waals surface area (Å²) in [5.41, 5.74) is 7.65. The number of aromatic nitrogens is 3. The van der Waals surface area contributed by atoms with Gasteiger partial charge in [-0.1, -0.05) is 6.07 Å². The van der Waals surface area contributed by atoms with Crippen LogP contribution in [0.1, 0.15) is 10.5 Å². The molecule has 0 saturated heterocycles. The Bertz CT molecular complexity index is 753. The summed E-state index contributed by atoms with van der Waals surface area (Å²) in [6, 6.07) is 10.3. The quantitative estimate of drug-likeness (QED) is 0.760. The van der Waals surface area contributed by atoms with Crippen LogP contribution in [0.4, 0.5) is 11.4 Å². The topological polar surface area (TPSA) is 107 Å². The van der Waals surface area contributed by atoms with E-state index in [9.17, 15) is 4.79 Å². The van der Waals surface area contributed by atoms with E-state index in [1.807, 2.05) is 6.07 Å². The van der Waals surface area contributed by atoms with Crippen LogP contribution in [0.5, 0.6) is 0 Å². The van der Waals surface area contributed by atoms with E-state index in [-0.39, 0.29) is 11.6 Å². The van der Waals surface area contributed by atoms with Gasteiger partial charge in [-0.05, 0) is 30.3 Å². The molecule has 3 rings (SSSR count). The summed E-state index contributed by atoms with van der Waals surface area (Å²) in [4.78, 5) is 16.0. The lowest BCUT2D eigenvalue weighted by atomic mass is 10.2. The van der Waals surface area contributed by atoms with Gasteiger partial charge >= 0.3 is 0 Å². The molecular weight excluding hydrogens is 270 g/mol. The van der Waals surface area contributed by atoms with Gasteiger partial charge in [-0.2, -0.15) is 0 Å². The zero-order valence-electron chi connectivity index (χ0n) is 10.9. The largest absolute Gasteiger partial charge is 0.423 e. The van der Waals surface area contributed by atoms with Crippen LogP contribution in [-0.4, -0.2) is 21.1 Å². The van der Waals surface area contributed by atoms with E-state index in [2.05, 4.69) is 20.5 Å². The highest BCUT2D eigenvalue weighted by atomic mass is 16.4. The van der Waals surface area contributed by atoms with Gasteiger partial charge in [-0.25, -0.2) is 4.98 Å². The average molecular weight is 281 g/mol. The fourth-order valence-corrected chi connectivity index (χ4v) is 1.76. The summed E-state index contributed by atoms with van der Waals surface area (Å²) in [7, 11) is 0. The fourth-order valence-electron chi connectivity index (χ4n) is 1.76. The van der Waals surface area contributed by atoms with Crippen LogP contribution in [-0.2, 0) is 0 Å². The number of rotatable bonds is 3. The van der Waals surface area contributed by atoms with Crippen molar-refractivity contribution in [3.8, 4) is 11.5 Å². The molecule has 0 spiro atoms. The Balaban J connectivity index is 1.80. The van der Waals surface area contributed by atoms with Gasteiger partial charge in [0.25, 0.3) is 5.91 Å². The van der Waals surface area contributed by atoms with Crippen molar-refractivity contribution in [1.29, 1.82) is 0 Å². The molecule has 2 heterocycles. The highest BCUT2D eigenvalue weighted by Gasteiger charge is 2.09. The first-order valence-electron chi connectivity index (χ1n) is 6.12. The van der Waals surface area contributed by atoms with Crippen LogP contribution in [0, 0.1) is 0 Å². The van der Waals surface area contributed by atoms with E-state index in [4.69, 9.17) is 10.2 Å². The second kappa shape index (κ2) is 5.41. The molecular formula is C14H11N5O2. The molecule has 3 N–H and O–H groups in total. The first-order valence-corrected chi connectivity index (χ1v) is 6.12. The highest BCUT2D eigenvalue weighted by Crippen LogP contribution is 2.20. The Kier molecular flexibility index (Phi) is 3.30. The molecule has 104 valence electrons. The summed E-state index contributed by atoms with van der Waals surface area (Å²) in [5, 5.41) is 10.2. The van der Waals surface area contributed by atoms with Crippen molar-refractivity contribution in [2.75, 3.05) is 11.1 Å². The average Bonchev–Trinajstić information content (AvgIpc) is 3.02. The lowest BCUT2D eigenvalue weighted by Gasteiger charge is -2.05. The molecule has 0 aliphatic rings. The maximum atomic E-state index is 12.1. The number of amides is 1. The number of hydrogen-bond donors (Lipinski definition) is 2. The highest BCUT2D eigenvalue weighted by molar-refractivity contribution is 6.03. The second-order valence-electron chi connectivity index (χ2n) is 4.26. The van der Waals surface area contributed by atoms with Crippen molar-refractivity contribution in [3.63, 3.8) is 0 Å². The number of nitrogens with two attached hydrogens (primary N) is 1. The first-order chi connectivity index (χ1) is 10.2. The Morgan fingerprint density at radius 3 is 2.86 bits per heavy atom. The molecule has 0 atom stereocenters. The molecule has 7 heteroatoms. The third-order valence-corrected chi connectivity index (χ3v) is 2.75. The normalized spacial score (nSPS) is 10.3. The lowest BCUT2D eigenvalue weighted by molar-refractivity contribution is 0.102. The Morgan fingerprint density at radius 2 is 2.14 bits per heavy atom. The van der Waals surface area contributed by atoms with Crippen molar-refractivity contribution in [2.45, 2.75) is 0 Å². The predicted octanol–water partition coefficient (Wildman–Crippen LogP) is 1.97. The Hall–Kier alpha value is -3.22. The molecule has 0 unspecified atom stereocenters. The number of nitrogens with zero attached hydrogens (tertiary/aromatic N) is 3. The van der Waals surface area contributed by atoms with Gasteiger partial charge in [0.1, 0.15) is 5.69 Å². The van der Waals surface area contributed by atoms with Gasteiger partial charge in [0.2, 0.25) is 12.3 Å². The molecule has 0 aliphatic heterocycles. The molecule has 0 bridgehead atoms. The van der Waals surface area contributed by atoms with Crippen molar-refractivity contribution < 1.29 is 9.21 Å². The number of nitrogen functional groups attached to an aromatic ring is 1. The maximum absolute atomic E-state index is 12.1. The fraction of sp³-hybridized carbons (Fsp3) is 0. The van der Waals surface area contributed by atoms with E-state index >= 15 is 0 Å². The van der Waals surface area contributed by atoms with Crippen molar-refractivity contribution >= 4 is 17.3 Å². The van der Waals surface area contributed by atoms with Crippen LogP contribution < -0.4 is 11.1 Å². The van der Waals surface area contributed by atoms with Crippen molar-refractivity contribution in [1.82, 2.24) is 15.2 Å². The van der Waals surface area contributed by atoms with Crippen LogP contribution in [0.15, 0.2) is 53.4 Å². The van der Waals surface area contributed by atoms with Crippen LogP contribution in [0.2, 0.25) is 0 Å². The van der Waals surface area contributed by atoms with Crippen LogP contribution >= 0.6 is 0 Å². The zero-order valence-corrected chi connectivity index (χ0v) is 10.9.